The Hall–Kier alpha value is -1.26. The molecule has 2 aliphatic rings. The van der Waals surface area contributed by atoms with Gasteiger partial charge in [-0.25, -0.2) is 0 Å². The minimum Gasteiger partial charge on any atom is -0.507 e. The molecule has 0 aromatic heterocycles. The van der Waals surface area contributed by atoms with Crippen LogP contribution in [0.3, 0.4) is 0 Å². The van der Waals surface area contributed by atoms with Gasteiger partial charge in [-0.3, -0.25) is 4.79 Å². The number of hydrogen-bond acceptors (Lipinski definition) is 3. The van der Waals surface area contributed by atoms with Gasteiger partial charge in [0.25, 0.3) is 5.91 Å². The lowest BCUT2D eigenvalue weighted by Gasteiger charge is -2.19. The molecule has 3 unspecified atom stereocenters. The summed E-state index contributed by atoms with van der Waals surface area (Å²) < 4.78 is 0. The van der Waals surface area contributed by atoms with Crippen LogP contribution in [-0.2, 0) is 0 Å². The molecule has 1 aromatic carbocycles. The van der Waals surface area contributed by atoms with Crippen molar-refractivity contribution in [3.05, 3.63) is 28.8 Å². The predicted octanol–water partition coefficient (Wildman–Crippen LogP) is 1.89. The second-order valence-electron chi connectivity index (χ2n) is 5.44. The number of aromatic hydroxyl groups is 1. The van der Waals surface area contributed by atoms with Crippen LogP contribution in [0.1, 0.15) is 23.2 Å². The Balaban J connectivity index is 1.80. The summed E-state index contributed by atoms with van der Waals surface area (Å²) in [6.45, 7) is 1.23. The summed E-state index contributed by atoms with van der Waals surface area (Å²) in [6, 6.07) is 4.47. The maximum atomic E-state index is 12.4. The lowest BCUT2D eigenvalue weighted by Crippen LogP contribution is -2.31. The van der Waals surface area contributed by atoms with E-state index in [1.807, 2.05) is 0 Å². The van der Waals surface area contributed by atoms with E-state index >= 15 is 0 Å². The van der Waals surface area contributed by atoms with E-state index in [9.17, 15) is 15.0 Å². The van der Waals surface area contributed by atoms with Gasteiger partial charge >= 0.3 is 0 Å². The minimum atomic E-state index is -0.296. The van der Waals surface area contributed by atoms with Crippen molar-refractivity contribution in [1.82, 2.24) is 4.90 Å². The number of hydrogen-bond donors (Lipinski definition) is 2. The van der Waals surface area contributed by atoms with Gasteiger partial charge < -0.3 is 15.1 Å². The number of phenols is 1. The largest absolute Gasteiger partial charge is 0.507 e. The molecule has 102 valence electrons. The normalized spacial score (nSPS) is 29.6. The van der Waals surface area contributed by atoms with Crippen molar-refractivity contribution in [1.29, 1.82) is 0 Å². The number of rotatable bonds is 1. The van der Waals surface area contributed by atoms with E-state index in [2.05, 4.69) is 0 Å². The topological polar surface area (TPSA) is 60.8 Å². The zero-order valence-corrected chi connectivity index (χ0v) is 11.2. The van der Waals surface area contributed by atoms with Crippen LogP contribution in [0.2, 0.25) is 5.02 Å². The van der Waals surface area contributed by atoms with E-state index in [1.54, 1.807) is 11.0 Å². The number of fused-ring (bicyclic) bond motifs is 1. The molecular weight excluding hydrogens is 266 g/mol. The molecule has 4 nitrogen and oxygen atoms in total. The molecule has 2 N–H and O–H groups in total. The highest BCUT2D eigenvalue weighted by atomic mass is 35.5. The fourth-order valence-electron chi connectivity index (χ4n) is 3.25. The average molecular weight is 282 g/mol. The molecule has 0 bridgehead atoms. The number of nitrogens with zero attached hydrogens (tertiary/aromatic N) is 1. The van der Waals surface area contributed by atoms with Crippen molar-refractivity contribution >= 4 is 17.5 Å². The molecule has 5 heteroatoms. The highest BCUT2D eigenvalue weighted by Gasteiger charge is 2.43. The second-order valence-corrected chi connectivity index (χ2v) is 5.88. The van der Waals surface area contributed by atoms with Crippen LogP contribution in [0.25, 0.3) is 0 Å². The molecular formula is C14H16ClNO3. The number of likely N-dealkylation sites (tertiary alicyclic amines) is 1. The van der Waals surface area contributed by atoms with Crippen molar-refractivity contribution in [2.24, 2.45) is 11.8 Å². The summed E-state index contributed by atoms with van der Waals surface area (Å²) in [7, 11) is 0. The summed E-state index contributed by atoms with van der Waals surface area (Å²) >= 11 is 5.86. The Morgan fingerprint density at radius 1 is 1.32 bits per heavy atom. The molecule has 1 amide bonds. The quantitative estimate of drug-likeness (QED) is 0.826. The van der Waals surface area contributed by atoms with Gasteiger partial charge in [0, 0.05) is 24.0 Å². The number of carbonyl (C=O) groups excluding carboxylic acids is 1. The zero-order valence-electron chi connectivity index (χ0n) is 10.4. The monoisotopic (exact) mass is 281 g/mol. The van der Waals surface area contributed by atoms with Gasteiger partial charge in [-0.15, -0.1) is 0 Å². The van der Waals surface area contributed by atoms with Crippen LogP contribution < -0.4 is 0 Å². The molecule has 19 heavy (non-hydrogen) atoms. The van der Waals surface area contributed by atoms with Gasteiger partial charge in [-0.2, -0.15) is 0 Å². The van der Waals surface area contributed by atoms with E-state index in [0.717, 1.165) is 12.8 Å². The van der Waals surface area contributed by atoms with Crippen molar-refractivity contribution in [3.8, 4) is 5.75 Å². The molecule has 1 aromatic rings. The molecule has 1 saturated heterocycles. The maximum Gasteiger partial charge on any atom is 0.257 e. The van der Waals surface area contributed by atoms with E-state index < -0.39 is 0 Å². The van der Waals surface area contributed by atoms with Gasteiger partial charge in [0.2, 0.25) is 0 Å². The number of aliphatic hydroxyl groups is 1. The van der Waals surface area contributed by atoms with Crippen LogP contribution in [0.15, 0.2) is 18.2 Å². The predicted molar refractivity (Wildman–Crippen MR) is 71.2 cm³/mol. The summed E-state index contributed by atoms with van der Waals surface area (Å²) in [5, 5.41) is 20.1. The first-order valence-corrected chi connectivity index (χ1v) is 6.90. The van der Waals surface area contributed by atoms with Crippen molar-refractivity contribution in [2.45, 2.75) is 18.9 Å². The van der Waals surface area contributed by atoms with Crippen molar-refractivity contribution in [2.75, 3.05) is 13.1 Å². The Kier molecular flexibility index (Phi) is 3.15. The number of amides is 1. The van der Waals surface area contributed by atoms with Crippen LogP contribution in [0, 0.1) is 11.8 Å². The highest BCUT2D eigenvalue weighted by molar-refractivity contribution is 6.31. The number of carbonyl (C=O) groups is 1. The molecule has 3 atom stereocenters. The minimum absolute atomic E-state index is 0.0491. The fraction of sp³-hybridized carbons (Fsp3) is 0.500. The van der Waals surface area contributed by atoms with E-state index in [0.29, 0.717) is 24.0 Å². The van der Waals surface area contributed by atoms with Gasteiger partial charge in [-0.1, -0.05) is 11.6 Å². The SMILES string of the molecule is O=C(c1cc(Cl)ccc1O)N1CC2CCC(O)C2C1. The summed E-state index contributed by atoms with van der Waals surface area (Å²) in [5.74, 6) is 0.319. The first-order chi connectivity index (χ1) is 9.06. The Morgan fingerprint density at radius 2 is 2.11 bits per heavy atom. The second kappa shape index (κ2) is 4.69. The Morgan fingerprint density at radius 3 is 2.84 bits per heavy atom. The third-order valence-corrected chi connectivity index (χ3v) is 4.53. The Bertz CT molecular complexity index is 519. The fourth-order valence-corrected chi connectivity index (χ4v) is 3.42. The molecule has 1 aliphatic carbocycles. The van der Waals surface area contributed by atoms with Gasteiger partial charge in [-0.05, 0) is 37.0 Å². The van der Waals surface area contributed by atoms with E-state index in [-0.39, 0.29) is 29.2 Å². The summed E-state index contributed by atoms with van der Waals surface area (Å²) in [5.41, 5.74) is 0.238. The van der Waals surface area contributed by atoms with Crippen LogP contribution in [0.5, 0.6) is 5.75 Å². The first-order valence-electron chi connectivity index (χ1n) is 6.52. The lowest BCUT2D eigenvalue weighted by atomic mass is 10.00. The molecule has 1 saturated carbocycles. The number of halogens is 1. The average Bonchev–Trinajstić information content (AvgIpc) is 2.94. The number of aliphatic hydroxyl groups excluding tert-OH is 1. The first kappa shape index (κ1) is 12.8. The van der Waals surface area contributed by atoms with E-state index in [4.69, 9.17) is 11.6 Å². The highest BCUT2D eigenvalue weighted by Crippen LogP contribution is 2.39. The molecule has 0 spiro atoms. The number of benzene rings is 1. The van der Waals surface area contributed by atoms with Crippen molar-refractivity contribution in [3.63, 3.8) is 0 Å². The smallest absolute Gasteiger partial charge is 0.257 e. The van der Waals surface area contributed by atoms with E-state index in [1.165, 1.54) is 12.1 Å². The van der Waals surface area contributed by atoms with Crippen LogP contribution in [0.4, 0.5) is 0 Å². The zero-order chi connectivity index (χ0) is 13.6. The number of phenolic OH excluding ortho intramolecular Hbond substituents is 1. The summed E-state index contributed by atoms with van der Waals surface area (Å²) in [6.07, 6.45) is 1.51. The standard InChI is InChI=1S/C14H16ClNO3/c15-9-2-4-12(17)10(5-9)14(19)16-6-8-1-3-13(18)11(8)7-16/h2,4-5,8,11,13,17-18H,1,3,6-7H2. The molecule has 0 radical (unpaired) electrons. The van der Waals surface area contributed by atoms with Crippen LogP contribution in [-0.4, -0.2) is 40.2 Å². The van der Waals surface area contributed by atoms with Gasteiger partial charge in [0.1, 0.15) is 5.75 Å². The molecule has 1 aliphatic heterocycles. The van der Waals surface area contributed by atoms with Gasteiger partial charge in [0.15, 0.2) is 0 Å². The lowest BCUT2D eigenvalue weighted by molar-refractivity contribution is 0.0749. The Labute approximate surface area is 116 Å². The molecule has 2 fully saturated rings. The maximum absolute atomic E-state index is 12.4. The molecule has 3 rings (SSSR count). The third kappa shape index (κ3) is 2.19. The van der Waals surface area contributed by atoms with Crippen LogP contribution >= 0.6 is 11.6 Å². The third-order valence-electron chi connectivity index (χ3n) is 4.30. The van der Waals surface area contributed by atoms with Gasteiger partial charge in [0.05, 0.1) is 11.7 Å². The summed E-state index contributed by atoms with van der Waals surface area (Å²) in [4.78, 5) is 14.1. The van der Waals surface area contributed by atoms with Crippen molar-refractivity contribution < 1.29 is 15.0 Å². The molecule has 1 heterocycles.